The molecule has 29 heavy (non-hydrogen) atoms. The number of rotatable bonds is 4. The van der Waals surface area contributed by atoms with Crippen molar-refractivity contribution in [1.29, 1.82) is 0 Å². The number of ketones is 1. The van der Waals surface area contributed by atoms with Crippen molar-refractivity contribution in [2.75, 3.05) is 0 Å². The molecular formula is C24H17NO4. The molecule has 0 saturated heterocycles. The van der Waals surface area contributed by atoms with Gasteiger partial charge in [-0.2, -0.15) is 0 Å². The van der Waals surface area contributed by atoms with Crippen LogP contribution in [-0.4, -0.2) is 16.8 Å². The van der Waals surface area contributed by atoms with Crippen molar-refractivity contribution < 1.29 is 19.4 Å². The van der Waals surface area contributed by atoms with E-state index in [9.17, 15) is 14.7 Å². The van der Waals surface area contributed by atoms with Crippen LogP contribution in [0.2, 0.25) is 0 Å². The molecule has 0 aliphatic carbocycles. The van der Waals surface area contributed by atoms with Crippen molar-refractivity contribution in [3.05, 3.63) is 108 Å². The summed E-state index contributed by atoms with van der Waals surface area (Å²) in [5, 5.41) is 13.2. The van der Waals surface area contributed by atoms with E-state index < -0.39 is 11.7 Å². The molecule has 3 aromatic rings. The third kappa shape index (κ3) is 3.94. The Hall–Kier alpha value is -4.12. The average molecular weight is 383 g/mol. The Kier molecular flexibility index (Phi) is 4.95. The van der Waals surface area contributed by atoms with Crippen molar-refractivity contribution in [3.63, 3.8) is 0 Å². The Bertz CT molecular complexity index is 1130. The molecular weight excluding hydrogens is 366 g/mol. The molecule has 3 aromatic carbocycles. The average Bonchev–Trinajstić information content (AvgIpc) is 2.74. The minimum atomic E-state index is -0.801. The zero-order chi connectivity index (χ0) is 20.2. The summed E-state index contributed by atoms with van der Waals surface area (Å²) in [4.78, 5) is 24.7. The number of Topliss-reactive ketones (excluding diaryl/α,β-unsaturated/α-hetero) is 1. The lowest BCUT2D eigenvalue weighted by molar-refractivity contribution is -0.134. The van der Waals surface area contributed by atoms with Crippen LogP contribution in [0, 0.1) is 0 Å². The largest absolute Gasteiger partial charge is 0.505 e. The molecule has 1 aliphatic rings. The van der Waals surface area contributed by atoms with Gasteiger partial charge in [0, 0.05) is 0 Å². The van der Waals surface area contributed by atoms with Gasteiger partial charge in [-0.1, -0.05) is 60.7 Å². The lowest BCUT2D eigenvalue weighted by Gasteiger charge is -2.19. The molecule has 1 aliphatic heterocycles. The molecule has 142 valence electrons. The Labute approximate surface area is 167 Å². The van der Waals surface area contributed by atoms with Crippen LogP contribution >= 0.6 is 0 Å². The smallest absolute Gasteiger partial charge is 0.297 e. The number of carbonyl (C=O) groups excluding carboxylic acids is 2. The first kappa shape index (κ1) is 18.3. The van der Waals surface area contributed by atoms with Crippen LogP contribution in [0.5, 0.6) is 11.5 Å². The van der Waals surface area contributed by atoms with Gasteiger partial charge < -0.3 is 15.2 Å². The van der Waals surface area contributed by atoms with Gasteiger partial charge in [0.15, 0.2) is 5.76 Å². The first-order valence-corrected chi connectivity index (χ1v) is 9.01. The van der Waals surface area contributed by atoms with Gasteiger partial charge >= 0.3 is 0 Å². The summed E-state index contributed by atoms with van der Waals surface area (Å²) >= 11 is 0. The number of amides is 1. The Morgan fingerprint density at radius 2 is 1.45 bits per heavy atom. The Morgan fingerprint density at radius 1 is 0.793 bits per heavy atom. The van der Waals surface area contributed by atoms with Crippen LogP contribution in [0.1, 0.15) is 11.1 Å². The topological polar surface area (TPSA) is 75.6 Å². The predicted octanol–water partition coefficient (Wildman–Crippen LogP) is 4.49. The number of ether oxygens (including phenoxy) is 1. The molecule has 4 rings (SSSR count). The molecule has 0 aromatic heterocycles. The number of benzene rings is 3. The van der Waals surface area contributed by atoms with E-state index in [0.29, 0.717) is 17.1 Å². The van der Waals surface area contributed by atoms with Crippen molar-refractivity contribution in [3.8, 4) is 11.5 Å². The number of aliphatic hydroxyl groups excluding tert-OH is 1. The van der Waals surface area contributed by atoms with Gasteiger partial charge in [-0.25, -0.2) is 0 Å². The van der Waals surface area contributed by atoms with E-state index in [4.69, 9.17) is 4.74 Å². The van der Waals surface area contributed by atoms with Crippen LogP contribution in [0.25, 0.3) is 11.6 Å². The molecule has 0 spiro atoms. The standard InChI is InChI=1S/C24H17NO4/c26-22-20(14-16-8-3-1-4-9-16)25-24(28)23(27)21(22)17-10-7-13-19(15-17)29-18-11-5-2-6-12-18/h1-15,26H,(H,25,28)/b20-14-. The SMILES string of the molecule is O=C1N/C(=C\c2ccccc2)C(O)=C(c2cccc(Oc3ccccc3)c2)C1=O. The van der Waals surface area contributed by atoms with Gasteiger partial charge in [-0.3, -0.25) is 9.59 Å². The van der Waals surface area contributed by atoms with Crippen molar-refractivity contribution in [1.82, 2.24) is 5.32 Å². The third-order valence-electron chi connectivity index (χ3n) is 4.39. The highest BCUT2D eigenvalue weighted by Crippen LogP contribution is 2.30. The van der Waals surface area contributed by atoms with Crippen LogP contribution < -0.4 is 10.1 Å². The lowest BCUT2D eigenvalue weighted by Crippen LogP contribution is -2.37. The number of aliphatic hydroxyl groups is 1. The fraction of sp³-hybridized carbons (Fsp3) is 0. The number of hydrogen-bond donors (Lipinski definition) is 2. The molecule has 0 fully saturated rings. The van der Waals surface area contributed by atoms with Crippen LogP contribution in [0.4, 0.5) is 0 Å². The van der Waals surface area contributed by atoms with Crippen molar-refractivity contribution in [2.45, 2.75) is 0 Å². The first-order valence-electron chi connectivity index (χ1n) is 9.01. The van der Waals surface area contributed by atoms with Crippen molar-refractivity contribution >= 4 is 23.3 Å². The van der Waals surface area contributed by atoms with Crippen LogP contribution in [-0.2, 0) is 9.59 Å². The molecule has 2 N–H and O–H groups in total. The highest BCUT2D eigenvalue weighted by Gasteiger charge is 2.32. The van der Waals surface area contributed by atoms with Crippen LogP contribution in [0.3, 0.4) is 0 Å². The molecule has 0 saturated carbocycles. The Morgan fingerprint density at radius 3 is 2.17 bits per heavy atom. The minimum Gasteiger partial charge on any atom is -0.505 e. The summed E-state index contributed by atoms with van der Waals surface area (Å²) < 4.78 is 5.80. The molecule has 5 heteroatoms. The molecule has 1 heterocycles. The number of carbonyl (C=O) groups is 2. The Balaban J connectivity index is 1.74. The van der Waals surface area contributed by atoms with Gasteiger partial charge in [0.05, 0.1) is 11.3 Å². The lowest BCUT2D eigenvalue weighted by atomic mass is 9.95. The molecule has 5 nitrogen and oxygen atoms in total. The quantitative estimate of drug-likeness (QED) is 0.651. The van der Waals surface area contributed by atoms with E-state index in [0.717, 1.165) is 5.56 Å². The maximum atomic E-state index is 12.5. The van der Waals surface area contributed by atoms with E-state index in [1.807, 2.05) is 60.7 Å². The van der Waals surface area contributed by atoms with Gasteiger partial charge in [0.2, 0.25) is 0 Å². The van der Waals surface area contributed by atoms with E-state index in [1.165, 1.54) is 0 Å². The van der Waals surface area contributed by atoms with E-state index in [1.54, 1.807) is 30.3 Å². The highest BCUT2D eigenvalue weighted by atomic mass is 16.5. The summed E-state index contributed by atoms with van der Waals surface area (Å²) in [5.41, 5.74) is 1.29. The summed E-state index contributed by atoms with van der Waals surface area (Å²) in [5.74, 6) is -0.754. The second-order valence-corrected chi connectivity index (χ2v) is 6.42. The van der Waals surface area contributed by atoms with E-state index in [2.05, 4.69) is 5.32 Å². The monoisotopic (exact) mass is 383 g/mol. The maximum absolute atomic E-state index is 12.5. The molecule has 0 unspecified atom stereocenters. The minimum absolute atomic E-state index is 0.0607. The maximum Gasteiger partial charge on any atom is 0.297 e. The van der Waals surface area contributed by atoms with Crippen molar-refractivity contribution in [2.24, 2.45) is 0 Å². The summed E-state index contributed by atoms with van der Waals surface area (Å²) in [6.07, 6.45) is 1.62. The summed E-state index contributed by atoms with van der Waals surface area (Å²) in [7, 11) is 0. The molecule has 1 amide bonds. The van der Waals surface area contributed by atoms with Crippen LogP contribution in [0.15, 0.2) is 96.4 Å². The summed E-state index contributed by atoms with van der Waals surface area (Å²) in [6.45, 7) is 0. The fourth-order valence-electron chi connectivity index (χ4n) is 3.02. The van der Waals surface area contributed by atoms with Gasteiger partial charge in [0.25, 0.3) is 11.7 Å². The second kappa shape index (κ2) is 7.86. The second-order valence-electron chi connectivity index (χ2n) is 6.42. The zero-order valence-electron chi connectivity index (χ0n) is 15.3. The molecule has 0 radical (unpaired) electrons. The van der Waals surface area contributed by atoms with Gasteiger partial charge in [-0.05, 0) is 41.5 Å². The van der Waals surface area contributed by atoms with Gasteiger partial charge in [0.1, 0.15) is 11.5 Å². The first-order chi connectivity index (χ1) is 14.1. The molecule has 0 atom stereocenters. The summed E-state index contributed by atoms with van der Waals surface area (Å²) in [6, 6.07) is 25.1. The molecule has 0 bridgehead atoms. The van der Waals surface area contributed by atoms with E-state index in [-0.39, 0.29) is 17.0 Å². The number of nitrogens with one attached hydrogen (secondary N) is 1. The fourth-order valence-corrected chi connectivity index (χ4v) is 3.02. The van der Waals surface area contributed by atoms with Gasteiger partial charge in [-0.15, -0.1) is 0 Å². The van der Waals surface area contributed by atoms with E-state index >= 15 is 0 Å². The number of hydrogen-bond acceptors (Lipinski definition) is 4. The number of para-hydroxylation sites is 1. The highest BCUT2D eigenvalue weighted by molar-refractivity contribution is 6.55. The zero-order valence-corrected chi connectivity index (χ0v) is 15.3. The predicted molar refractivity (Wildman–Crippen MR) is 110 cm³/mol. The third-order valence-corrected chi connectivity index (χ3v) is 4.39. The normalized spacial score (nSPS) is 15.4.